The maximum atomic E-state index is 11.9. The number of aryl methyl sites for hydroxylation is 1. The molecule has 0 saturated heterocycles. The molecule has 0 aliphatic rings. The lowest BCUT2D eigenvalue weighted by atomic mass is 10.2. The van der Waals surface area contributed by atoms with Crippen LogP contribution in [0.5, 0.6) is 0 Å². The van der Waals surface area contributed by atoms with Gasteiger partial charge in [-0.25, -0.2) is 13.1 Å². The highest BCUT2D eigenvalue weighted by molar-refractivity contribution is 7.89. The first-order valence-corrected chi connectivity index (χ1v) is 7.84. The standard InChI is InChI=1S/C12H18ClNO3S/c1-2-17-10-9-14-18(15,16)12-5-3-11(4-6-12)7-8-13/h3-6,14H,2,7-10H2,1H3. The number of rotatable bonds is 8. The van der Waals surface area contributed by atoms with Crippen molar-refractivity contribution in [1.29, 1.82) is 0 Å². The van der Waals surface area contributed by atoms with Crippen molar-refractivity contribution in [3.05, 3.63) is 29.8 Å². The zero-order valence-electron chi connectivity index (χ0n) is 10.4. The molecule has 1 N–H and O–H groups in total. The van der Waals surface area contributed by atoms with Crippen molar-refractivity contribution in [2.75, 3.05) is 25.6 Å². The van der Waals surface area contributed by atoms with E-state index in [-0.39, 0.29) is 11.4 Å². The lowest BCUT2D eigenvalue weighted by Gasteiger charge is -2.07. The second-order valence-electron chi connectivity index (χ2n) is 3.68. The highest BCUT2D eigenvalue weighted by atomic mass is 35.5. The van der Waals surface area contributed by atoms with Gasteiger partial charge in [0.25, 0.3) is 0 Å². The van der Waals surface area contributed by atoms with Crippen LogP contribution in [0.4, 0.5) is 0 Å². The highest BCUT2D eigenvalue weighted by Gasteiger charge is 2.12. The third kappa shape index (κ3) is 4.94. The smallest absolute Gasteiger partial charge is 0.240 e. The highest BCUT2D eigenvalue weighted by Crippen LogP contribution is 2.11. The van der Waals surface area contributed by atoms with Crippen molar-refractivity contribution in [3.63, 3.8) is 0 Å². The molecule has 18 heavy (non-hydrogen) atoms. The summed E-state index contributed by atoms with van der Waals surface area (Å²) in [5.74, 6) is 0.526. The lowest BCUT2D eigenvalue weighted by molar-refractivity contribution is 0.153. The Balaban J connectivity index is 2.61. The minimum atomic E-state index is -3.44. The SMILES string of the molecule is CCOCCNS(=O)(=O)c1ccc(CCCl)cc1. The quantitative estimate of drug-likeness (QED) is 0.587. The summed E-state index contributed by atoms with van der Waals surface area (Å²) in [5.41, 5.74) is 1.03. The van der Waals surface area contributed by atoms with Gasteiger partial charge in [-0.1, -0.05) is 12.1 Å². The topological polar surface area (TPSA) is 55.4 Å². The van der Waals surface area contributed by atoms with Gasteiger partial charge in [-0.15, -0.1) is 11.6 Å². The van der Waals surface area contributed by atoms with Crippen LogP contribution in [0.25, 0.3) is 0 Å². The summed E-state index contributed by atoms with van der Waals surface area (Å²) in [6.45, 7) is 3.10. The van der Waals surface area contributed by atoms with Gasteiger partial charge in [0.15, 0.2) is 0 Å². The molecule has 0 radical (unpaired) electrons. The number of nitrogens with one attached hydrogen (secondary N) is 1. The molecule has 1 aromatic rings. The summed E-state index contributed by atoms with van der Waals surface area (Å²) < 4.78 is 31.3. The Morgan fingerprint density at radius 3 is 2.50 bits per heavy atom. The second-order valence-corrected chi connectivity index (χ2v) is 5.82. The predicted molar refractivity (Wildman–Crippen MR) is 72.5 cm³/mol. The fourth-order valence-electron chi connectivity index (χ4n) is 1.42. The van der Waals surface area contributed by atoms with Crippen LogP contribution in [0.3, 0.4) is 0 Å². The van der Waals surface area contributed by atoms with Crippen molar-refractivity contribution < 1.29 is 13.2 Å². The van der Waals surface area contributed by atoms with E-state index in [0.717, 1.165) is 12.0 Å². The number of alkyl halides is 1. The fraction of sp³-hybridized carbons (Fsp3) is 0.500. The molecule has 0 unspecified atom stereocenters. The molecule has 0 spiro atoms. The number of hydrogen-bond acceptors (Lipinski definition) is 3. The molecule has 0 bridgehead atoms. The van der Waals surface area contributed by atoms with Gasteiger partial charge in [0.2, 0.25) is 10.0 Å². The number of hydrogen-bond donors (Lipinski definition) is 1. The third-order valence-electron chi connectivity index (χ3n) is 2.36. The van der Waals surface area contributed by atoms with Crippen LogP contribution in [-0.2, 0) is 21.2 Å². The van der Waals surface area contributed by atoms with E-state index in [1.54, 1.807) is 24.3 Å². The molecule has 0 atom stereocenters. The summed E-state index contributed by atoms with van der Waals surface area (Å²) >= 11 is 5.62. The monoisotopic (exact) mass is 291 g/mol. The average molecular weight is 292 g/mol. The summed E-state index contributed by atoms with van der Waals surface area (Å²) in [5, 5.41) is 0. The number of halogens is 1. The van der Waals surface area contributed by atoms with Crippen LogP contribution in [0.1, 0.15) is 12.5 Å². The molecule has 1 aromatic carbocycles. The summed E-state index contributed by atoms with van der Waals surface area (Å²) in [7, 11) is -3.44. The first kappa shape index (κ1) is 15.4. The van der Waals surface area contributed by atoms with E-state index in [0.29, 0.717) is 19.1 Å². The van der Waals surface area contributed by atoms with E-state index < -0.39 is 10.0 Å². The molecule has 0 aliphatic heterocycles. The number of ether oxygens (including phenoxy) is 1. The van der Waals surface area contributed by atoms with Gasteiger partial charge in [0, 0.05) is 19.0 Å². The van der Waals surface area contributed by atoms with E-state index in [1.807, 2.05) is 6.92 Å². The summed E-state index contributed by atoms with van der Waals surface area (Å²) in [6, 6.07) is 6.73. The molecule has 0 heterocycles. The molecule has 1 rings (SSSR count). The molecular formula is C12H18ClNO3S. The van der Waals surface area contributed by atoms with Gasteiger partial charge in [0.1, 0.15) is 0 Å². The average Bonchev–Trinajstić information content (AvgIpc) is 2.36. The van der Waals surface area contributed by atoms with Crippen LogP contribution < -0.4 is 4.72 Å². The zero-order chi connectivity index (χ0) is 13.4. The first-order chi connectivity index (χ1) is 8.60. The molecule has 102 valence electrons. The van der Waals surface area contributed by atoms with Crippen molar-refractivity contribution in [2.24, 2.45) is 0 Å². The first-order valence-electron chi connectivity index (χ1n) is 5.82. The Labute approximate surface area is 113 Å². The second kappa shape index (κ2) is 7.74. The molecule has 0 aromatic heterocycles. The Morgan fingerprint density at radius 2 is 1.94 bits per heavy atom. The van der Waals surface area contributed by atoms with Crippen molar-refractivity contribution in [1.82, 2.24) is 4.72 Å². The van der Waals surface area contributed by atoms with Crippen molar-refractivity contribution in [3.8, 4) is 0 Å². The summed E-state index contributed by atoms with van der Waals surface area (Å²) in [6.07, 6.45) is 0.736. The third-order valence-corrected chi connectivity index (χ3v) is 4.03. The zero-order valence-corrected chi connectivity index (χ0v) is 11.9. The molecule has 0 aliphatic carbocycles. The van der Waals surface area contributed by atoms with E-state index in [9.17, 15) is 8.42 Å². The largest absolute Gasteiger partial charge is 0.380 e. The molecule has 4 nitrogen and oxygen atoms in total. The van der Waals surface area contributed by atoms with E-state index in [1.165, 1.54) is 0 Å². The fourth-order valence-corrected chi connectivity index (χ4v) is 2.65. The van der Waals surface area contributed by atoms with Gasteiger partial charge in [0.05, 0.1) is 11.5 Å². The van der Waals surface area contributed by atoms with Gasteiger partial charge >= 0.3 is 0 Å². The summed E-state index contributed by atoms with van der Waals surface area (Å²) in [4.78, 5) is 0.261. The molecule has 6 heteroatoms. The van der Waals surface area contributed by atoms with Crippen LogP contribution in [0.2, 0.25) is 0 Å². The van der Waals surface area contributed by atoms with Crippen LogP contribution in [0, 0.1) is 0 Å². The maximum Gasteiger partial charge on any atom is 0.240 e. The van der Waals surface area contributed by atoms with Crippen molar-refractivity contribution >= 4 is 21.6 Å². The molecule has 0 fully saturated rings. The van der Waals surface area contributed by atoms with Gasteiger partial charge < -0.3 is 4.74 Å². The number of sulfonamides is 1. The maximum absolute atomic E-state index is 11.9. The lowest BCUT2D eigenvalue weighted by Crippen LogP contribution is -2.27. The number of benzene rings is 1. The van der Waals surface area contributed by atoms with Gasteiger partial charge in [-0.05, 0) is 31.0 Å². The molecule has 0 saturated carbocycles. The minimum Gasteiger partial charge on any atom is -0.380 e. The van der Waals surface area contributed by atoms with Gasteiger partial charge in [-0.3, -0.25) is 0 Å². The predicted octanol–water partition coefficient (Wildman–Crippen LogP) is 1.78. The molecule has 0 amide bonds. The molecular weight excluding hydrogens is 274 g/mol. The minimum absolute atomic E-state index is 0.261. The van der Waals surface area contributed by atoms with Crippen LogP contribution in [0.15, 0.2) is 29.2 Å². The Kier molecular flexibility index (Phi) is 6.63. The van der Waals surface area contributed by atoms with Gasteiger partial charge in [-0.2, -0.15) is 0 Å². The Hall–Kier alpha value is -0.620. The normalized spacial score (nSPS) is 11.7. The van der Waals surface area contributed by atoms with Crippen molar-refractivity contribution in [2.45, 2.75) is 18.2 Å². The van der Waals surface area contributed by atoms with E-state index in [2.05, 4.69) is 4.72 Å². The Bertz CT molecular complexity index is 445. The van der Waals surface area contributed by atoms with Crippen LogP contribution >= 0.6 is 11.6 Å². The Morgan fingerprint density at radius 1 is 1.28 bits per heavy atom. The van der Waals surface area contributed by atoms with E-state index >= 15 is 0 Å². The van der Waals surface area contributed by atoms with Crippen LogP contribution in [-0.4, -0.2) is 34.1 Å². The van der Waals surface area contributed by atoms with E-state index in [4.69, 9.17) is 16.3 Å².